The van der Waals surface area contributed by atoms with Crippen molar-refractivity contribution < 1.29 is 5.11 Å². The summed E-state index contributed by atoms with van der Waals surface area (Å²) in [5.41, 5.74) is 1.00. The number of rotatable bonds is 4. The van der Waals surface area contributed by atoms with E-state index in [0.717, 1.165) is 17.4 Å². The summed E-state index contributed by atoms with van der Waals surface area (Å²) in [6.07, 6.45) is 3.86. The first kappa shape index (κ1) is 11.5. The molecule has 0 bridgehead atoms. The van der Waals surface area contributed by atoms with Crippen molar-refractivity contribution in [3.05, 3.63) is 11.8 Å². The Morgan fingerprint density at radius 1 is 1.56 bits per heavy atom. The van der Waals surface area contributed by atoms with Crippen molar-refractivity contribution in [3.63, 3.8) is 0 Å². The van der Waals surface area contributed by atoms with Crippen LogP contribution >= 0.6 is 0 Å². The Labute approximate surface area is 96.7 Å². The first-order valence-corrected chi connectivity index (χ1v) is 6.12. The zero-order chi connectivity index (χ0) is 11.5. The van der Waals surface area contributed by atoms with Crippen LogP contribution in [0.3, 0.4) is 0 Å². The van der Waals surface area contributed by atoms with E-state index in [9.17, 15) is 0 Å². The van der Waals surface area contributed by atoms with Gasteiger partial charge in [-0.15, -0.1) is 0 Å². The van der Waals surface area contributed by atoms with E-state index >= 15 is 0 Å². The highest BCUT2D eigenvalue weighted by atomic mass is 16.3. The second-order valence-electron chi connectivity index (χ2n) is 4.78. The number of aliphatic hydroxyl groups excluding tert-OH is 1. The fraction of sp³-hybridized carbons (Fsp3) is 0.750. The Bertz CT molecular complexity index is 348. The molecule has 1 aliphatic carbocycles. The van der Waals surface area contributed by atoms with Crippen LogP contribution in [0, 0.1) is 12.8 Å². The van der Waals surface area contributed by atoms with Crippen molar-refractivity contribution >= 4 is 5.82 Å². The molecule has 1 fully saturated rings. The van der Waals surface area contributed by atoms with Gasteiger partial charge >= 0.3 is 0 Å². The van der Waals surface area contributed by atoms with E-state index in [2.05, 4.69) is 23.4 Å². The Morgan fingerprint density at radius 2 is 2.38 bits per heavy atom. The third kappa shape index (κ3) is 2.38. The van der Waals surface area contributed by atoms with Crippen molar-refractivity contribution in [2.75, 3.05) is 11.9 Å². The van der Waals surface area contributed by atoms with Crippen LogP contribution in [-0.4, -0.2) is 27.5 Å². The summed E-state index contributed by atoms with van der Waals surface area (Å²) in [5.74, 6) is 1.78. The van der Waals surface area contributed by atoms with E-state index in [4.69, 9.17) is 5.11 Å². The maximum Gasteiger partial charge on any atom is 0.124 e. The molecule has 0 spiro atoms. The predicted octanol–water partition coefficient (Wildman–Crippen LogP) is 1.78. The standard InChI is InChI=1S/C12H21N3O/c1-9-4-3-5-11(9)13-12-8-10(2)14-15(12)6-7-16/h8-9,11,13,16H,3-7H2,1-2H3. The van der Waals surface area contributed by atoms with Crippen LogP contribution in [0.15, 0.2) is 6.07 Å². The van der Waals surface area contributed by atoms with Crippen LogP contribution in [0.5, 0.6) is 0 Å². The molecule has 2 unspecified atom stereocenters. The normalized spacial score (nSPS) is 24.9. The molecular formula is C12H21N3O. The van der Waals surface area contributed by atoms with E-state index in [0.29, 0.717) is 12.6 Å². The SMILES string of the molecule is Cc1cc(NC2CCCC2C)n(CCO)n1. The Hall–Kier alpha value is -1.03. The predicted molar refractivity (Wildman–Crippen MR) is 64.5 cm³/mol. The lowest BCUT2D eigenvalue weighted by Gasteiger charge is -2.19. The van der Waals surface area contributed by atoms with Gasteiger partial charge in [0.25, 0.3) is 0 Å². The molecule has 0 radical (unpaired) electrons. The van der Waals surface area contributed by atoms with Gasteiger partial charge in [0.2, 0.25) is 0 Å². The minimum absolute atomic E-state index is 0.135. The molecular weight excluding hydrogens is 202 g/mol. The fourth-order valence-electron chi connectivity index (χ4n) is 2.48. The van der Waals surface area contributed by atoms with Crippen LogP contribution in [0.1, 0.15) is 31.9 Å². The summed E-state index contributed by atoms with van der Waals surface area (Å²) in [6, 6.07) is 2.62. The smallest absolute Gasteiger partial charge is 0.124 e. The van der Waals surface area contributed by atoms with Crippen LogP contribution in [0.25, 0.3) is 0 Å². The maximum atomic E-state index is 8.98. The summed E-state index contributed by atoms with van der Waals surface area (Å²) in [6.45, 7) is 4.98. The molecule has 0 amide bonds. The Morgan fingerprint density at radius 3 is 3.00 bits per heavy atom. The van der Waals surface area contributed by atoms with Gasteiger partial charge < -0.3 is 10.4 Å². The topological polar surface area (TPSA) is 50.1 Å². The molecule has 1 aromatic rings. The highest BCUT2D eigenvalue weighted by Crippen LogP contribution is 2.28. The molecule has 4 heteroatoms. The second kappa shape index (κ2) is 4.87. The molecule has 90 valence electrons. The molecule has 0 aliphatic heterocycles. The Kier molecular flexibility index (Phi) is 3.49. The van der Waals surface area contributed by atoms with E-state index in [1.165, 1.54) is 19.3 Å². The minimum Gasteiger partial charge on any atom is -0.394 e. The summed E-state index contributed by atoms with van der Waals surface area (Å²) in [4.78, 5) is 0. The molecule has 2 N–H and O–H groups in total. The average Bonchev–Trinajstić information content (AvgIpc) is 2.77. The third-order valence-electron chi connectivity index (χ3n) is 3.41. The van der Waals surface area contributed by atoms with Gasteiger partial charge in [0.15, 0.2) is 0 Å². The van der Waals surface area contributed by atoms with E-state index in [-0.39, 0.29) is 6.61 Å². The van der Waals surface area contributed by atoms with Crippen molar-refractivity contribution in [3.8, 4) is 0 Å². The van der Waals surface area contributed by atoms with Crippen LogP contribution in [0.4, 0.5) is 5.82 Å². The van der Waals surface area contributed by atoms with Gasteiger partial charge in [0, 0.05) is 12.1 Å². The van der Waals surface area contributed by atoms with E-state index in [1.807, 2.05) is 11.6 Å². The Balaban J connectivity index is 2.07. The molecule has 2 rings (SSSR count). The maximum absolute atomic E-state index is 8.98. The van der Waals surface area contributed by atoms with Crippen LogP contribution < -0.4 is 5.32 Å². The number of hydrogen-bond donors (Lipinski definition) is 2. The quantitative estimate of drug-likeness (QED) is 0.818. The number of anilines is 1. The lowest BCUT2D eigenvalue weighted by Crippen LogP contribution is -2.24. The molecule has 4 nitrogen and oxygen atoms in total. The highest BCUT2D eigenvalue weighted by Gasteiger charge is 2.24. The monoisotopic (exact) mass is 223 g/mol. The number of hydrogen-bond acceptors (Lipinski definition) is 3. The number of aryl methyl sites for hydroxylation is 1. The minimum atomic E-state index is 0.135. The van der Waals surface area contributed by atoms with Gasteiger partial charge in [-0.25, -0.2) is 4.68 Å². The van der Waals surface area contributed by atoms with Gasteiger partial charge in [-0.05, 0) is 25.7 Å². The zero-order valence-corrected chi connectivity index (χ0v) is 10.1. The van der Waals surface area contributed by atoms with Gasteiger partial charge in [-0.2, -0.15) is 5.10 Å². The van der Waals surface area contributed by atoms with Crippen LogP contribution in [0.2, 0.25) is 0 Å². The van der Waals surface area contributed by atoms with Gasteiger partial charge in [-0.1, -0.05) is 13.3 Å². The van der Waals surface area contributed by atoms with Crippen molar-refractivity contribution in [2.24, 2.45) is 5.92 Å². The summed E-state index contributed by atoms with van der Waals surface area (Å²) in [7, 11) is 0. The first-order chi connectivity index (χ1) is 7.70. The van der Waals surface area contributed by atoms with Crippen molar-refractivity contribution in [2.45, 2.75) is 45.7 Å². The molecule has 1 aromatic heterocycles. The first-order valence-electron chi connectivity index (χ1n) is 6.12. The van der Waals surface area contributed by atoms with Crippen LogP contribution in [-0.2, 0) is 6.54 Å². The molecule has 2 atom stereocenters. The van der Waals surface area contributed by atoms with Crippen molar-refractivity contribution in [1.29, 1.82) is 0 Å². The molecule has 1 aliphatic rings. The lowest BCUT2D eigenvalue weighted by molar-refractivity contribution is 0.270. The largest absolute Gasteiger partial charge is 0.394 e. The van der Waals surface area contributed by atoms with Gasteiger partial charge in [-0.3, -0.25) is 0 Å². The lowest BCUT2D eigenvalue weighted by atomic mass is 10.1. The van der Waals surface area contributed by atoms with Gasteiger partial charge in [0.1, 0.15) is 5.82 Å². The summed E-state index contributed by atoms with van der Waals surface area (Å²) in [5, 5.41) is 16.9. The summed E-state index contributed by atoms with van der Waals surface area (Å²) >= 11 is 0. The molecule has 16 heavy (non-hydrogen) atoms. The molecule has 1 saturated carbocycles. The van der Waals surface area contributed by atoms with Gasteiger partial charge in [0.05, 0.1) is 18.8 Å². The summed E-state index contributed by atoms with van der Waals surface area (Å²) < 4.78 is 1.86. The fourth-order valence-corrected chi connectivity index (χ4v) is 2.48. The van der Waals surface area contributed by atoms with E-state index < -0.39 is 0 Å². The molecule has 0 aromatic carbocycles. The van der Waals surface area contributed by atoms with Crippen molar-refractivity contribution in [1.82, 2.24) is 9.78 Å². The highest BCUT2D eigenvalue weighted by molar-refractivity contribution is 5.38. The molecule has 0 saturated heterocycles. The number of aromatic nitrogens is 2. The average molecular weight is 223 g/mol. The third-order valence-corrected chi connectivity index (χ3v) is 3.41. The number of nitrogens with one attached hydrogen (secondary N) is 1. The zero-order valence-electron chi connectivity index (χ0n) is 10.1. The van der Waals surface area contributed by atoms with E-state index in [1.54, 1.807) is 0 Å². The molecule has 1 heterocycles. The second-order valence-corrected chi connectivity index (χ2v) is 4.78. The number of aliphatic hydroxyl groups is 1. The number of nitrogens with zero attached hydrogens (tertiary/aromatic N) is 2.